The summed E-state index contributed by atoms with van der Waals surface area (Å²) in [7, 11) is 1.54. The summed E-state index contributed by atoms with van der Waals surface area (Å²) in [6.07, 6.45) is 1.50. The summed E-state index contributed by atoms with van der Waals surface area (Å²) < 4.78 is 31.7. The quantitative estimate of drug-likeness (QED) is 0.929. The van der Waals surface area contributed by atoms with Crippen LogP contribution in [-0.2, 0) is 0 Å². The zero-order chi connectivity index (χ0) is 14.7. The fourth-order valence-corrected chi connectivity index (χ4v) is 1.70. The van der Waals surface area contributed by atoms with Crippen molar-refractivity contribution >= 4 is 11.7 Å². The maximum absolute atomic E-state index is 13.5. The minimum Gasteiger partial charge on any atom is -0.467 e. The monoisotopic (exact) mass is 280 g/mol. The molecule has 1 aromatic heterocycles. The maximum atomic E-state index is 13.5. The molecule has 0 aliphatic rings. The molecule has 0 bridgehead atoms. The third kappa shape index (κ3) is 2.79. The molecule has 0 fully saturated rings. The van der Waals surface area contributed by atoms with Crippen LogP contribution in [0.15, 0.2) is 41.0 Å². The fourth-order valence-electron chi connectivity index (χ4n) is 1.70. The van der Waals surface area contributed by atoms with Crippen LogP contribution >= 0.6 is 0 Å². The number of urea groups is 1. The van der Waals surface area contributed by atoms with Gasteiger partial charge in [0.05, 0.1) is 18.0 Å². The predicted octanol–water partition coefficient (Wildman–Crippen LogP) is 3.78. The van der Waals surface area contributed by atoms with Crippen LogP contribution in [0.5, 0.6) is 0 Å². The van der Waals surface area contributed by atoms with E-state index in [0.29, 0.717) is 5.76 Å². The summed E-state index contributed by atoms with van der Waals surface area (Å²) in [5.74, 6) is -1.49. The third-order valence-electron chi connectivity index (χ3n) is 3.05. The Bertz CT molecular complexity index is 599. The van der Waals surface area contributed by atoms with E-state index in [1.807, 2.05) is 0 Å². The van der Waals surface area contributed by atoms with Gasteiger partial charge in [-0.05, 0) is 31.2 Å². The zero-order valence-corrected chi connectivity index (χ0v) is 11.1. The van der Waals surface area contributed by atoms with E-state index in [0.717, 1.165) is 6.07 Å². The van der Waals surface area contributed by atoms with Gasteiger partial charge in [-0.15, -0.1) is 0 Å². The second kappa shape index (κ2) is 5.73. The number of anilines is 1. The molecular formula is C14H14F2N2O2. The van der Waals surface area contributed by atoms with Gasteiger partial charge in [0.1, 0.15) is 5.76 Å². The normalized spacial score (nSPS) is 12.0. The van der Waals surface area contributed by atoms with Crippen LogP contribution in [0.4, 0.5) is 19.3 Å². The Hall–Kier alpha value is -2.37. The van der Waals surface area contributed by atoms with Crippen LogP contribution in [0.3, 0.4) is 0 Å². The lowest BCUT2D eigenvalue weighted by Gasteiger charge is -2.23. The first kappa shape index (κ1) is 14.0. The van der Waals surface area contributed by atoms with Crippen LogP contribution in [0.1, 0.15) is 18.7 Å². The molecule has 1 unspecified atom stereocenters. The van der Waals surface area contributed by atoms with E-state index in [-0.39, 0.29) is 11.7 Å². The van der Waals surface area contributed by atoms with Crippen molar-refractivity contribution in [2.75, 3.05) is 12.4 Å². The van der Waals surface area contributed by atoms with Crippen molar-refractivity contribution in [1.29, 1.82) is 0 Å². The number of amides is 2. The molecule has 20 heavy (non-hydrogen) atoms. The Labute approximate surface area is 115 Å². The molecule has 0 aliphatic carbocycles. The number of rotatable bonds is 3. The van der Waals surface area contributed by atoms with E-state index in [9.17, 15) is 13.6 Å². The van der Waals surface area contributed by atoms with Crippen molar-refractivity contribution in [3.63, 3.8) is 0 Å². The number of hydrogen-bond donors (Lipinski definition) is 1. The van der Waals surface area contributed by atoms with Gasteiger partial charge in [-0.1, -0.05) is 6.07 Å². The Kier molecular flexibility index (Phi) is 4.02. The molecule has 1 aromatic carbocycles. The van der Waals surface area contributed by atoms with Crippen LogP contribution in [0.25, 0.3) is 0 Å². The Balaban J connectivity index is 2.10. The zero-order valence-electron chi connectivity index (χ0n) is 11.1. The van der Waals surface area contributed by atoms with E-state index >= 15 is 0 Å². The van der Waals surface area contributed by atoms with Gasteiger partial charge in [0, 0.05) is 7.05 Å². The molecule has 1 heterocycles. The Morgan fingerprint density at radius 1 is 1.30 bits per heavy atom. The lowest BCUT2D eigenvalue weighted by atomic mass is 10.2. The van der Waals surface area contributed by atoms with Crippen LogP contribution in [-0.4, -0.2) is 18.0 Å². The molecule has 1 atom stereocenters. The lowest BCUT2D eigenvalue weighted by Crippen LogP contribution is -2.33. The van der Waals surface area contributed by atoms with Crippen molar-refractivity contribution in [3.8, 4) is 0 Å². The first-order valence-electron chi connectivity index (χ1n) is 6.02. The van der Waals surface area contributed by atoms with Gasteiger partial charge in [0.2, 0.25) is 0 Å². The molecule has 0 aliphatic heterocycles. The fraction of sp³-hybridized carbons (Fsp3) is 0.214. The predicted molar refractivity (Wildman–Crippen MR) is 70.3 cm³/mol. The summed E-state index contributed by atoms with van der Waals surface area (Å²) in [5, 5.41) is 2.32. The van der Waals surface area contributed by atoms with E-state index < -0.39 is 17.7 Å². The van der Waals surface area contributed by atoms with Gasteiger partial charge < -0.3 is 14.6 Å². The van der Waals surface area contributed by atoms with E-state index in [4.69, 9.17) is 4.42 Å². The van der Waals surface area contributed by atoms with Crippen LogP contribution in [0, 0.1) is 11.6 Å². The molecule has 2 amide bonds. The van der Waals surface area contributed by atoms with E-state index in [1.54, 1.807) is 26.1 Å². The molecule has 106 valence electrons. The lowest BCUT2D eigenvalue weighted by molar-refractivity contribution is 0.200. The van der Waals surface area contributed by atoms with Gasteiger partial charge in [0.15, 0.2) is 11.6 Å². The number of nitrogens with one attached hydrogen (secondary N) is 1. The molecule has 0 saturated heterocycles. The summed E-state index contributed by atoms with van der Waals surface area (Å²) in [6.45, 7) is 1.76. The molecule has 2 aromatic rings. The van der Waals surface area contributed by atoms with Crippen LogP contribution < -0.4 is 5.32 Å². The average molecular weight is 280 g/mol. The number of benzene rings is 1. The molecule has 0 saturated carbocycles. The van der Waals surface area contributed by atoms with Crippen molar-refractivity contribution in [3.05, 3.63) is 54.0 Å². The SMILES string of the molecule is CC(c1ccco1)N(C)C(=O)Nc1cccc(F)c1F. The first-order valence-corrected chi connectivity index (χ1v) is 6.02. The number of hydrogen-bond acceptors (Lipinski definition) is 2. The van der Waals surface area contributed by atoms with E-state index in [2.05, 4.69) is 5.32 Å². The van der Waals surface area contributed by atoms with Crippen molar-refractivity contribution < 1.29 is 18.0 Å². The summed E-state index contributed by atoms with van der Waals surface area (Å²) >= 11 is 0. The number of carbonyl (C=O) groups excluding carboxylic acids is 1. The van der Waals surface area contributed by atoms with Gasteiger partial charge in [-0.3, -0.25) is 0 Å². The average Bonchev–Trinajstić information content (AvgIpc) is 2.96. The molecule has 6 heteroatoms. The third-order valence-corrected chi connectivity index (χ3v) is 3.05. The minimum atomic E-state index is -1.08. The van der Waals surface area contributed by atoms with Gasteiger partial charge in [0.25, 0.3) is 0 Å². The van der Waals surface area contributed by atoms with Gasteiger partial charge >= 0.3 is 6.03 Å². The second-order valence-corrected chi connectivity index (χ2v) is 4.33. The Morgan fingerprint density at radius 3 is 2.70 bits per heavy atom. The molecular weight excluding hydrogens is 266 g/mol. The van der Waals surface area contributed by atoms with E-state index in [1.165, 1.54) is 23.3 Å². The molecule has 2 rings (SSSR count). The van der Waals surface area contributed by atoms with Crippen molar-refractivity contribution in [2.45, 2.75) is 13.0 Å². The smallest absolute Gasteiger partial charge is 0.322 e. The number of furan rings is 1. The largest absolute Gasteiger partial charge is 0.467 e. The second-order valence-electron chi connectivity index (χ2n) is 4.33. The molecule has 1 N–H and O–H groups in total. The summed E-state index contributed by atoms with van der Waals surface area (Å²) in [6, 6.07) is 6.16. The summed E-state index contributed by atoms with van der Waals surface area (Å²) in [4.78, 5) is 13.3. The Morgan fingerprint density at radius 2 is 2.05 bits per heavy atom. The van der Waals surface area contributed by atoms with Crippen molar-refractivity contribution in [1.82, 2.24) is 4.90 Å². The maximum Gasteiger partial charge on any atom is 0.322 e. The topological polar surface area (TPSA) is 45.5 Å². The molecule has 0 spiro atoms. The van der Waals surface area contributed by atoms with Crippen molar-refractivity contribution in [2.24, 2.45) is 0 Å². The highest BCUT2D eigenvalue weighted by atomic mass is 19.2. The standard InChI is InChI=1S/C14H14F2N2O2/c1-9(12-7-4-8-20-12)18(2)14(19)17-11-6-3-5-10(15)13(11)16/h3-9H,1-2H3,(H,17,19). The number of nitrogens with zero attached hydrogens (tertiary/aromatic N) is 1. The highest BCUT2D eigenvalue weighted by Crippen LogP contribution is 2.21. The first-order chi connectivity index (χ1) is 9.50. The highest BCUT2D eigenvalue weighted by Gasteiger charge is 2.20. The van der Waals surface area contributed by atoms with Crippen LogP contribution in [0.2, 0.25) is 0 Å². The molecule has 0 radical (unpaired) electrons. The van der Waals surface area contributed by atoms with Gasteiger partial charge in [-0.25, -0.2) is 13.6 Å². The number of carbonyl (C=O) groups is 1. The minimum absolute atomic E-state index is 0.200. The summed E-state index contributed by atoms with van der Waals surface area (Å²) in [5.41, 5.74) is -0.200. The molecule has 4 nitrogen and oxygen atoms in total. The highest BCUT2D eigenvalue weighted by molar-refractivity contribution is 5.89. The number of halogens is 2. The van der Waals surface area contributed by atoms with Gasteiger partial charge in [-0.2, -0.15) is 0 Å².